The maximum absolute atomic E-state index is 13.2. The second-order valence-corrected chi connectivity index (χ2v) is 9.75. The normalized spacial score (nSPS) is 39.7. The first-order chi connectivity index (χ1) is 12.5. The largest absolute Gasteiger partial charge is 0.282 e. The number of rotatable bonds is 4. The smallest absolute Gasteiger partial charge is 0.233 e. The molecule has 3 heteroatoms. The molecule has 2 amide bonds. The van der Waals surface area contributed by atoms with E-state index >= 15 is 0 Å². The summed E-state index contributed by atoms with van der Waals surface area (Å²) >= 11 is 0. The molecule has 4 saturated carbocycles. The van der Waals surface area contributed by atoms with Crippen LogP contribution < -0.4 is 0 Å². The molecular weight excluding hydrogens is 322 g/mol. The fourth-order valence-electron chi connectivity index (χ4n) is 7.07. The Bertz CT molecular complexity index is 690. The Morgan fingerprint density at radius 3 is 2.15 bits per heavy atom. The van der Waals surface area contributed by atoms with Gasteiger partial charge in [-0.15, -0.1) is 0 Å². The van der Waals surface area contributed by atoms with Crippen molar-refractivity contribution in [3.8, 4) is 0 Å². The van der Waals surface area contributed by atoms with Crippen LogP contribution in [-0.4, -0.2) is 23.3 Å². The van der Waals surface area contributed by atoms with E-state index in [2.05, 4.69) is 19.1 Å². The van der Waals surface area contributed by atoms with Gasteiger partial charge in [0.25, 0.3) is 0 Å². The highest BCUT2D eigenvalue weighted by molar-refractivity contribution is 6.04. The molecule has 0 N–H and O–H groups in total. The minimum Gasteiger partial charge on any atom is -0.282 e. The van der Waals surface area contributed by atoms with Gasteiger partial charge in [-0.1, -0.05) is 37.3 Å². The van der Waals surface area contributed by atoms with E-state index in [-0.39, 0.29) is 29.1 Å². The first kappa shape index (κ1) is 16.5. The maximum atomic E-state index is 13.2. The highest BCUT2D eigenvalue weighted by Gasteiger charge is 2.53. The van der Waals surface area contributed by atoms with Crippen molar-refractivity contribution < 1.29 is 9.59 Å². The Balaban J connectivity index is 1.34. The lowest BCUT2D eigenvalue weighted by atomic mass is 9.49. The van der Waals surface area contributed by atoms with Crippen LogP contribution in [0, 0.1) is 29.1 Å². The molecule has 5 aliphatic rings. The van der Waals surface area contributed by atoms with Crippen molar-refractivity contribution in [2.75, 3.05) is 6.54 Å². The van der Waals surface area contributed by atoms with Gasteiger partial charge in [-0.2, -0.15) is 0 Å². The summed E-state index contributed by atoms with van der Waals surface area (Å²) in [6.07, 6.45) is 8.32. The molecule has 0 aromatic heterocycles. The molecule has 3 nitrogen and oxygen atoms in total. The number of amides is 2. The molecule has 2 atom stereocenters. The molecule has 1 heterocycles. The first-order valence-electron chi connectivity index (χ1n) is 10.4. The minimum atomic E-state index is -0.182. The zero-order valence-corrected chi connectivity index (χ0v) is 15.7. The number of hydrogen-bond donors (Lipinski definition) is 0. The molecule has 1 aromatic rings. The van der Waals surface area contributed by atoms with Gasteiger partial charge in [0, 0.05) is 13.0 Å². The third-order valence-corrected chi connectivity index (χ3v) is 7.87. The van der Waals surface area contributed by atoms with E-state index in [4.69, 9.17) is 0 Å². The molecular formula is C23H29NO2. The van der Waals surface area contributed by atoms with Gasteiger partial charge in [0.15, 0.2) is 0 Å². The van der Waals surface area contributed by atoms with Gasteiger partial charge in [-0.05, 0) is 73.2 Å². The van der Waals surface area contributed by atoms with Crippen molar-refractivity contribution >= 4 is 11.8 Å². The zero-order chi connectivity index (χ0) is 17.9. The molecule has 6 rings (SSSR count). The molecule has 0 spiro atoms. The summed E-state index contributed by atoms with van der Waals surface area (Å²) in [6, 6.07) is 10.2. The Labute approximate surface area is 156 Å². The fraction of sp³-hybridized carbons (Fsp3) is 0.652. The predicted octanol–water partition coefficient (Wildman–Crippen LogP) is 4.38. The number of nitrogens with zero attached hydrogens (tertiary/aromatic N) is 1. The monoisotopic (exact) mass is 351 g/mol. The van der Waals surface area contributed by atoms with E-state index in [0.29, 0.717) is 13.0 Å². The molecule has 0 radical (unpaired) electrons. The van der Waals surface area contributed by atoms with Gasteiger partial charge < -0.3 is 0 Å². The molecule has 0 unspecified atom stereocenters. The van der Waals surface area contributed by atoms with Crippen molar-refractivity contribution in [3.63, 3.8) is 0 Å². The maximum Gasteiger partial charge on any atom is 0.233 e. The second kappa shape index (κ2) is 5.94. The van der Waals surface area contributed by atoms with E-state index < -0.39 is 0 Å². The minimum absolute atomic E-state index is 0.0681. The number of imide groups is 1. The fourth-order valence-corrected chi connectivity index (χ4v) is 7.07. The Morgan fingerprint density at radius 1 is 1.00 bits per heavy atom. The van der Waals surface area contributed by atoms with Crippen molar-refractivity contribution in [3.05, 3.63) is 35.9 Å². The topological polar surface area (TPSA) is 37.4 Å². The number of likely N-dealkylation sites (tertiary alicyclic amines) is 1. The zero-order valence-electron chi connectivity index (χ0n) is 15.7. The van der Waals surface area contributed by atoms with Crippen molar-refractivity contribution in [1.29, 1.82) is 0 Å². The third-order valence-electron chi connectivity index (χ3n) is 7.87. The van der Waals surface area contributed by atoms with E-state index in [1.807, 2.05) is 18.2 Å². The van der Waals surface area contributed by atoms with E-state index in [9.17, 15) is 9.59 Å². The number of hydrogen-bond acceptors (Lipinski definition) is 2. The third kappa shape index (κ3) is 2.62. The Hall–Kier alpha value is -1.64. The van der Waals surface area contributed by atoms with Crippen LogP contribution in [0.5, 0.6) is 0 Å². The lowest BCUT2D eigenvalue weighted by Crippen LogP contribution is -2.52. The SMILES string of the molecule is C[C@H](c1ccccc1)[C@H]1CC(=O)N(CC23CC4CC(CC(C4)C2)C3)C1=O. The van der Waals surface area contributed by atoms with Crippen LogP contribution in [0.25, 0.3) is 0 Å². The lowest BCUT2D eigenvalue weighted by Gasteiger charge is -2.57. The average Bonchev–Trinajstić information content (AvgIpc) is 2.88. The van der Waals surface area contributed by atoms with Crippen LogP contribution in [0.2, 0.25) is 0 Å². The van der Waals surface area contributed by atoms with Gasteiger partial charge in [-0.25, -0.2) is 0 Å². The van der Waals surface area contributed by atoms with E-state index in [0.717, 1.165) is 23.3 Å². The summed E-state index contributed by atoms with van der Waals surface area (Å²) in [7, 11) is 0. The van der Waals surface area contributed by atoms with Crippen LogP contribution >= 0.6 is 0 Å². The van der Waals surface area contributed by atoms with Gasteiger partial charge in [0.2, 0.25) is 11.8 Å². The number of carbonyl (C=O) groups is 2. The molecule has 4 bridgehead atoms. The van der Waals surface area contributed by atoms with Gasteiger partial charge >= 0.3 is 0 Å². The molecule has 1 aromatic carbocycles. The molecule has 4 aliphatic carbocycles. The van der Waals surface area contributed by atoms with Crippen LogP contribution in [0.15, 0.2) is 30.3 Å². The lowest BCUT2D eigenvalue weighted by molar-refractivity contribution is -0.145. The van der Waals surface area contributed by atoms with Crippen molar-refractivity contribution in [1.82, 2.24) is 4.90 Å². The van der Waals surface area contributed by atoms with Gasteiger partial charge in [0.1, 0.15) is 0 Å². The number of benzene rings is 1. The predicted molar refractivity (Wildman–Crippen MR) is 100 cm³/mol. The summed E-state index contributed by atoms with van der Waals surface area (Å²) < 4.78 is 0. The molecule has 138 valence electrons. The Morgan fingerprint density at radius 2 is 1.58 bits per heavy atom. The number of carbonyl (C=O) groups excluding carboxylic acids is 2. The van der Waals surface area contributed by atoms with Crippen LogP contribution in [-0.2, 0) is 9.59 Å². The van der Waals surface area contributed by atoms with E-state index in [1.54, 1.807) is 4.90 Å². The summed E-state index contributed by atoms with van der Waals surface area (Å²) in [5.41, 5.74) is 1.40. The van der Waals surface area contributed by atoms with Gasteiger partial charge in [0.05, 0.1) is 5.92 Å². The quantitative estimate of drug-likeness (QED) is 0.755. The van der Waals surface area contributed by atoms with Crippen LogP contribution in [0.3, 0.4) is 0 Å². The average molecular weight is 351 g/mol. The van der Waals surface area contributed by atoms with Crippen LogP contribution in [0.4, 0.5) is 0 Å². The van der Waals surface area contributed by atoms with Crippen LogP contribution in [0.1, 0.15) is 63.4 Å². The first-order valence-corrected chi connectivity index (χ1v) is 10.4. The molecule has 26 heavy (non-hydrogen) atoms. The molecule has 5 fully saturated rings. The second-order valence-electron chi connectivity index (χ2n) is 9.75. The summed E-state index contributed by atoms with van der Waals surface area (Å²) in [4.78, 5) is 27.6. The van der Waals surface area contributed by atoms with Crippen molar-refractivity contribution in [2.24, 2.45) is 29.1 Å². The van der Waals surface area contributed by atoms with Gasteiger partial charge in [-0.3, -0.25) is 14.5 Å². The summed E-state index contributed by atoms with van der Waals surface area (Å²) in [5.74, 6) is 2.64. The Kier molecular flexibility index (Phi) is 3.77. The summed E-state index contributed by atoms with van der Waals surface area (Å²) in [6.45, 7) is 2.80. The van der Waals surface area contributed by atoms with Crippen molar-refractivity contribution in [2.45, 2.75) is 57.8 Å². The molecule has 1 saturated heterocycles. The standard InChI is InChI=1S/C23H29NO2/c1-15(19-5-3-2-4-6-19)20-10-21(25)24(22(20)26)14-23-11-16-7-17(12-23)9-18(8-16)13-23/h2-6,15-18,20H,7-14H2,1H3/t15-,16?,17?,18?,20-,23?/m1/s1. The molecule has 1 aliphatic heterocycles. The highest BCUT2D eigenvalue weighted by Crippen LogP contribution is 2.60. The van der Waals surface area contributed by atoms with E-state index in [1.165, 1.54) is 38.5 Å². The summed E-state index contributed by atoms with van der Waals surface area (Å²) in [5, 5.41) is 0. The highest BCUT2D eigenvalue weighted by atomic mass is 16.2.